The first-order valence-electron chi connectivity index (χ1n) is 6.42. The van der Waals surface area contributed by atoms with Crippen molar-refractivity contribution in [1.29, 1.82) is 0 Å². The second-order valence-electron chi connectivity index (χ2n) is 5.05. The van der Waals surface area contributed by atoms with Gasteiger partial charge in [0.15, 0.2) is 0 Å². The Labute approximate surface area is 88.9 Å². The molecule has 1 aliphatic rings. The van der Waals surface area contributed by atoms with Crippen LogP contribution < -0.4 is 0 Å². The first-order valence-corrected chi connectivity index (χ1v) is 6.42. The Morgan fingerprint density at radius 2 is 2.00 bits per heavy atom. The van der Waals surface area contributed by atoms with Crippen molar-refractivity contribution < 1.29 is 5.11 Å². The van der Waals surface area contributed by atoms with E-state index in [0.717, 1.165) is 25.2 Å². The molecule has 0 amide bonds. The Balaban J connectivity index is 2.16. The third-order valence-corrected chi connectivity index (χ3v) is 3.76. The number of rotatable bonds is 6. The fourth-order valence-electron chi connectivity index (χ4n) is 2.67. The van der Waals surface area contributed by atoms with Crippen molar-refractivity contribution in [2.24, 2.45) is 5.92 Å². The Kier molecular flexibility index (Phi) is 4.94. The maximum atomic E-state index is 10.3. The molecule has 0 aromatic heterocycles. The van der Waals surface area contributed by atoms with Gasteiger partial charge in [0.2, 0.25) is 0 Å². The standard InChI is InChI=1S/C13H26O/c1-3-5-6-7-9-13(14)10-8-12(4-2)11-13/h12,14H,3-11H2,1-2H3. The Morgan fingerprint density at radius 3 is 2.57 bits per heavy atom. The van der Waals surface area contributed by atoms with E-state index in [9.17, 15) is 5.11 Å². The Hall–Kier alpha value is -0.0400. The summed E-state index contributed by atoms with van der Waals surface area (Å²) in [6, 6.07) is 0. The molecule has 0 aliphatic heterocycles. The van der Waals surface area contributed by atoms with Crippen LogP contribution >= 0.6 is 0 Å². The summed E-state index contributed by atoms with van der Waals surface area (Å²) in [7, 11) is 0. The van der Waals surface area contributed by atoms with Gasteiger partial charge in [0, 0.05) is 0 Å². The fraction of sp³-hybridized carbons (Fsp3) is 1.00. The van der Waals surface area contributed by atoms with E-state index in [4.69, 9.17) is 0 Å². The van der Waals surface area contributed by atoms with Crippen molar-refractivity contribution in [3.63, 3.8) is 0 Å². The average molecular weight is 198 g/mol. The minimum Gasteiger partial charge on any atom is -0.390 e. The zero-order valence-electron chi connectivity index (χ0n) is 9.89. The van der Waals surface area contributed by atoms with Gasteiger partial charge in [-0.15, -0.1) is 0 Å². The van der Waals surface area contributed by atoms with E-state index in [1.807, 2.05) is 0 Å². The normalized spacial score (nSPS) is 32.4. The van der Waals surface area contributed by atoms with Crippen molar-refractivity contribution in [1.82, 2.24) is 0 Å². The highest BCUT2D eigenvalue weighted by atomic mass is 16.3. The lowest BCUT2D eigenvalue weighted by Crippen LogP contribution is -2.24. The lowest BCUT2D eigenvalue weighted by Gasteiger charge is -2.22. The van der Waals surface area contributed by atoms with Crippen LogP contribution in [0.2, 0.25) is 0 Å². The number of hydrogen-bond acceptors (Lipinski definition) is 1. The van der Waals surface area contributed by atoms with Crippen molar-refractivity contribution in [2.45, 2.75) is 77.2 Å². The van der Waals surface area contributed by atoms with Crippen LogP contribution in [-0.4, -0.2) is 10.7 Å². The molecule has 0 aromatic rings. The van der Waals surface area contributed by atoms with Gasteiger partial charge in [-0.1, -0.05) is 46.0 Å². The van der Waals surface area contributed by atoms with Crippen LogP contribution in [0.25, 0.3) is 0 Å². The van der Waals surface area contributed by atoms with E-state index < -0.39 is 0 Å². The first-order chi connectivity index (χ1) is 6.70. The second-order valence-corrected chi connectivity index (χ2v) is 5.05. The number of aliphatic hydroxyl groups is 1. The molecular formula is C13H26O. The summed E-state index contributed by atoms with van der Waals surface area (Å²) in [6.07, 6.45) is 10.8. The second kappa shape index (κ2) is 5.75. The van der Waals surface area contributed by atoms with Crippen LogP contribution in [-0.2, 0) is 0 Å². The molecule has 0 heterocycles. The summed E-state index contributed by atoms with van der Waals surface area (Å²) in [5, 5.41) is 10.3. The van der Waals surface area contributed by atoms with E-state index >= 15 is 0 Å². The molecule has 0 saturated heterocycles. The molecule has 0 bridgehead atoms. The van der Waals surface area contributed by atoms with Crippen LogP contribution in [0.15, 0.2) is 0 Å². The highest BCUT2D eigenvalue weighted by molar-refractivity contribution is 4.88. The van der Waals surface area contributed by atoms with Crippen molar-refractivity contribution in [3.8, 4) is 0 Å². The minimum atomic E-state index is -0.283. The third-order valence-electron chi connectivity index (χ3n) is 3.76. The largest absolute Gasteiger partial charge is 0.390 e. The molecule has 1 fully saturated rings. The van der Waals surface area contributed by atoms with Gasteiger partial charge in [-0.05, 0) is 31.6 Å². The summed E-state index contributed by atoms with van der Waals surface area (Å²) < 4.78 is 0. The van der Waals surface area contributed by atoms with Crippen LogP contribution in [0, 0.1) is 5.92 Å². The molecule has 14 heavy (non-hydrogen) atoms. The van der Waals surface area contributed by atoms with Gasteiger partial charge in [-0.3, -0.25) is 0 Å². The molecule has 2 atom stereocenters. The van der Waals surface area contributed by atoms with Crippen LogP contribution in [0.5, 0.6) is 0 Å². The maximum absolute atomic E-state index is 10.3. The fourth-order valence-corrected chi connectivity index (χ4v) is 2.67. The maximum Gasteiger partial charge on any atom is 0.0650 e. The van der Waals surface area contributed by atoms with E-state index in [1.165, 1.54) is 38.5 Å². The smallest absolute Gasteiger partial charge is 0.0650 e. The molecule has 0 radical (unpaired) electrons. The highest BCUT2D eigenvalue weighted by Gasteiger charge is 2.35. The molecule has 1 nitrogen and oxygen atoms in total. The van der Waals surface area contributed by atoms with E-state index in [0.29, 0.717) is 0 Å². The number of hydrogen-bond donors (Lipinski definition) is 1. The van der Waals surface area contributed by atoms with E-state index in [-0.39, 0.29) is 5.60 Å². The molecule has 0 aromatic carbocycles. The van der Waals surface area contributed by atoms with Crippen LogP contribution in [0.4, 0.5) is 0 Å². The van der Waals surface area contributed by atoms with Crippen LogP contribution in [0.3, 0.4) is 0 Å². The Morgan fingerprint density at radius 1 is 1.21 bits per heavy atom. The quantitative estimate of drug-likeness (QED) is 0.642. The molecule has 1 N–H and O–H groups in total. The summed E-state index contributed by atoms with van der Waals surface area (Å²) >= 11 is 0. The summed E-state index contributed by atoms with van der Waals surface area (Å²) in [4.78, 5) is 0. The van der Waals surface area contributed by atoms with Gasteiger partial charge < -0.3 is 5.11 Å². The lowest BCUT2D eigenvalue weighted by molar-refractivity contribution is 0.0318. The molecule has 1 heteroatoms. The monoisotopic (exact) mass is 198 g/mol. The first kappa shape index (κ1) is 12.0. The van der Waals surface area contributed by atoms with Crippen molar-refractivity contribution in [2.75, 3.05) is 0 Å². The molecule has 1 aliphatic carbocycles. The molecule has 1 rings (SSSR count). The summed E-state index contributed by atoms with van der Waals surface area (Å²) in [5.74, 6) is 0.797. The predicted molar refractivity (Wildman–Crippen MR) is 61.3 cm³/mol. The molecule has 0 spiro atoms. The van der Waals surface area contributed by atoms with Gasteiger partial charge in [0.05, 0.1) is 5.60 Å². The van der Waals surface area contributed by atoms with E-state index in [1.54, 1.807) is 0 Å². The topological polar surface area (TPSA) is 20.2 Å². The summed E-state index contributed by atoms with van der Waals surface area (Å²) in [5.41, 5.74) is -0.283. The summed E-state index contributed by atoms with van der Waals surface area (Å²) in [6.45, 7) is 4.48. The number of unbranched alkanes of at least 4 members (excludes halogenated alkanes) is 3. The zero-order chi connectivity index (χ0) is 10.4. The predicted octanol–water partition coefficient (Wildman–Crippen LogP) is 3.90. The van der Waals surface area contributed by atoms with Gasteiger partial charge in [0.25, 0.3) is 0 Å². The highest BCUT2D eigenvalue weighted by Crippen LogP contribution is 2.39. The van der Waals surface area contributed by atoms with Gasteiger partial charge in [0.1, 0.15) is 0 Å². The van der Waals surface area contributed by atoms with Crippen LogP contribution in [0.1, 0.15) is 71.6 Å². The van der Waals surface area contributed by atoms with Crippen molar-refractivity contribution >= 4 is 0 Å². The van der Waals surface area contributed by atoms with E-state index in [2.05, 4.69) is 13.8 Å². The average Bonchev–Trinajstić information content (AvgIpc) is 2.56. The Bertz CT molecular complexity index is 155. The third kappa shape index (κ3) is 3.61. The molecule has 84 valence electrons. The molecule has 2 unspecified atom stereocenters. The molecular weight excluding hydrogens is 172 g/mol. The lowest BCUT2D eigenvalue weighted by atomic mass is 9.92. The molecule has 1 saturated carbocycles. The van der Waals surface area contributed by atoms with Gasteiger partial charge in [-0.2, -0.15) is 0 Å². The van der Waals surface area contributed by atoms with Crippen molar-refractivity contribution in [3.05, 3.63) is 0 Å². The minimum absolute atomic E-state index is 0.283. The van der Waals surface area contributed by atoms with Gasteiger partial charge >= 0.3 is 0 Å². The zero-order valence-corrected chi connectivity index (χ0v) is 9.89. The van der Waals surface area contributed by atoms with Gasteiger partial charge in [-0.25, -0.2) is 0 Å². The SMILES string of the molecule is CCCCCCC1(O)CCC(CC)C1.